The summed E-state index contributed by atoms with van der Waals surface area (Å²) in [6, 6.07) is 6.48. The number of amides is 1. The number of rotatable bonds is 3. The molecule has 122 valence electrons. The van der Waals surface area contributed by atoms with Crippen LogP contribution in [-0.4, -0.2) is 25.4 Å². The third-order valence-corrected chi connectivity index (χ3v) is 3.62. The van der Waals surface area contributed by atoms with Crippen LogP contribution in [0.3, 0.4) is 0 Å². The SMILES string of the molecule is Cc1ccc(NC(=O)c2cnn3c(C)cc(C)nc23)c([N+](=O)[O-])c1. The summed E-state index contributed by atoms with van der Waals surface area (Å²) in [7, 11) is 0. The van der Waals surface area contributed by atoms with Crippen LogP contribution in [-0.2, 0) is 0 Å². The van der Waals surface area contributed by atoms with Crippen molar-refractivity contribution < 1.29 is 9.72 Å². The summed E-state index contributed by atoms with van der Waals surface area (Å²) in [6.45, 7) is 5.44. The highest BCUT2D eigenvalue weighted by atomic mass is 16.6. The Morgan fingerprint density at radius 2 is 2.00 bits per heavy atom. The van der Waals surface area contributed by atoms with Gasteiger partial charge in [0, 0.05) is 17.5 Å². The summed E-state index contributed by atoms with van der Waals surface area (Å²) in [5.74, 6) is -0.491. The Bertz CT molecular complexity index is 977. The molecule has 0 fully saturated rings. The summed E-state index contributed by atoms with van der Waals surface area (Å²) in [4.78, 5) is 27.5. The highest BCUT2D eigenvalue weighted by Crippen LogP contribution is 2.26. The molecule has 2 heterocycles. The third-order valence-electron chi connectivity index (χ3n) is 3.62. The lowest BCUT2D eigenvalue weighted by atomic mass is 10.2. The number of carbonyl (C=O) groups is 1. The van der Waals surface area contributed by atoms with Gasteiger partial charge in [-0.05, 0) is 38.5 Å². The summed E-state index contributed by atoms with van der Waals surface area (Å²) in [6.07, 6.45) is 1.41. The van der Waals surface area contributed by atoms with Gasteiger partial charge in [0.1, 0.15) is 11.3 Å². The monoisotopic (exact) mass is 325 g/mol. The van der Waals surface area contributed by atoms with Gasteiger partial charge in [-0.2, -0.15) is 5.10 Å². The van der Waals surface area contributed by atoms with Crippen molar-refractivity contribution in [1.82, 2.24) is 14.6 Å². The number of carbonyl (C=O) groups excluding carboxylic acids is 1. The molecular formula is C16H15N5O3. The topological polar surface area (TPSA) is 102 Å². The predicted molar refractivity (Wildman–Crippen MR) is 88.2 cm³/mol. The van der Waals surface area contributed by atoms with Crippen molar-refractivity contribution in [2.75, 3.05) is 5.32 Å². The van der Waals surface area contributed by atoms with Gasteiger partial charge in [-0.3, -0.25) is 14.9 Å². The van der Waals surface area contributed by atoms with E-state index in [0.717, 1.165) is 17.0 Å². The Hall–Kier alpha value is -3.29. The number of hydrogen-bond donors (Lipinski definition) is 1. The first kappa shape index (κ1) is 15.6. The number of nitro groups is 1. The first-order chi connectivity index (χ1) is 11.4. The molecule has 0 atom stereocenters. The minimum absolute atomic E-state index is 0.138. The molecule has 2 aromatic heterocycles. The van der Waals surface area contributed by atoms with E-state index in [1.54, 1.807) is 17.5 Å². The lowest BCUT2D eigenvalue weighted by Gasteiger charge is -2.06. The van der Waals surface area contributed by atoms with Gasteiger partial charge >= 0.3 is 0 Å². The van der Waals surface area contributed by atoms with E-state index in [-0.39, 0.29) is 16.9 Å². The fraction of sp³-hybridized carbons (Fsp3) is 0.188. The third kappa shape index (κ3) is 2.69. The smallest absolute Gasteiger partial charge is 0.293 e. The van der Waals surface area contributed by atoms with Gasteiger partial charge in [0.25, 0.3) is 11.6 Å². The maximum absolute atomic E-state index is 12.5. The summed E-state index contributed by atoms with van der Waals surface area (Å²) < 4.78 is 1.56. The lowest BCUT2D eigenvalue weighted by Crippen LogP contribution is -2.13. The van der Waals surface area contributed by atoms with Crippen LogP contribution in [0.15, 0.2) is 30.5 Å². The highest BCUT2D eigenvalue weighted by molar-refractivity contribution is 6.09. The molecule has 1 N–H and O–H groups in total. The van der Waals surface area contributed by atoms with Gasteiger partial charge in [-0.15, -0.1) is 0 Å². The number of nitro benzene ring substituents is 1. The molecule has 8 nitrogen and oxygen atoms in total. The van der Waals surface area contributed by atoms with E-state index in [2.05, 4.69) is 15.4 Å². The number of aromatic nitrogens is 3. The predicted octanol–water partition coefficient (Wildman–Crippen LogP) is 2.82. The normalized spacial score (nSPS) is 10.8. The second-order valence-corrected chi connectivity index (χ2v) is 5.56. The van der Waals surface area contributed by atoms with Crippen LogP contribution in [0.5, 0.6) is 0 Å². The molecule has 0 bridgehead atoms. The Labute approximate surface area is 137 Å². The van der Waals surface area contributed by atoms with Crippen molar-refractivity contribution in [3.63, 3.8) is 0 Å². The Morgan fingerprint density at radius 3 is 2.71 bits per heavy atom. The molecule has 0 saturated heterocycles. The first-order valence-electron chi connectivity index (χ1n) is 7.25. The molecule has 0 saturated carbocycles. The van der Waals surface area contributed by atoms with Crippen molar-refractivity contribution >= 4 is 22.9 Å². The number of hydrogen-bond acceptors (Lipinski definition) is 5. The minimum atomic E-state index is -0.523. The van der Waals surface area contributed by atoms with Crippen LogP contribution < -0.4 is 5.32 Å². The van der Waals surface area contributed by atoms with Crippen molar-refractivity contribution in [2.45, 2.75) is 20.8 Å². The zero-order chi connectivity index (χ0) is 17.4. The molecular weight excluding hydrogens is 310 g/mol. The Kier molecular flexibility index (Phi) is 3.72. The van der Waals surface area contributed by atoms with Crippen molar-refractivity contribution in [1.29, 1.82) is 0 Å². The van der Waals surface area contributed by atoms with Crippen LogP contribution in [0.4, 0.5) is 11.4 Å². The molecule has 1 amide bonds. The standard InChI is InChI=1S/C16H15N5O3/c1-9-4-5-13(14(6-9)21(23)24)19-16(22)12-8-17-20-11(3)7-10(2)18-15(12)20/h4-8H,1-3H3,(H,19,22). The van der Waals surface area contributed by atoms with Gasteiger partial charge in [0.05, 0.1) is 11.1 Å². The van der Waals surface area contributed by atoms with Gasteiger partial charge in [0.2, 0.25) is 0 Å². The van der Waals surface area contributed by atoms with Crippen molar-refractivity contribution in [3.05, 3.63) is 63.1 Å². The molecule has 0 aliphatic rings. The van der Waals surface area contributed by atoms with E-state index in [4.69, 9.17) is 0 Å². The summed E-state index contributed by atoms with van der Waals surface area (Å²) in [5, 5.41) is 17.9. The van der Waals surface area contributed by atoms with Gasteiger partial charge in [-0.25, -0.2) is 9.50 Å². The van der Waals surface area contributed by atoms with Crippen molar-refractivity contribution in [3.8, 4) is 0 Å². The van der Waals surface area contributed by atoms with E-state index < -0.39 is 10.8 Å². The van der Waals surface area contributed by atoms with Crippen LogP contribution in [0.2, 0.25) is 0 Å². The van der Waals surface area contributed by atoms with Gasteiger partial charge in [-0.1, -0.05) is 6.07 Å². The number of nitrogens with zero attached hydrogens (tertiary/aromatic N) is 4. The zero-order valence-corrected chi connectivity index (χ0v) is 13.4. The van der Waals surface area contributed by atoms with Crippen LogP contribution >= 0.6 is 0 Å². The Balaban J connectivity index is 2.01. The lowest BCUT2D eigenvalue weighted by molar-refractivity contribution is -0.384. The van der Waals surface area contributed by atoms with E-state index in [1.165, 1.54) is 18.3 Å². The van der Waals surface area contributed by atoms with E-state index in [9.17, 15) is 14.9 Å². The maximum Gasteiger partial charge on any atom is 0.293 e. The molecule has 0 radical (unpaired) electrons. The summed E-state index contributed by atoms with van der Waals surface area (Å²) >= 11 is 0. The highest BCUT2D eigenvalue weighted by Gasteiger charge is 2.20. The van der Waals surface area contributed by atoms with E-state index in [0.29, 0.717) is 5.65 Å². The average Bonchev–Trinajstić information content (AvgIpc) is 2.92. The molecule has 24 heavy (non-hydrogen) atoms. The summed E-state index contributed by atoms with van der Waals surface area (Å²) in [5.41, 5.74) is 3.01. The van der Waals surface area contributed by atoms with Gasteiger partial charge in [0.15, 0.2) is 5.65 Å². The maximum atomic E-state index is 12.5. The molecule has 0 aliphatic heterocycles. The molecule has 0 aliphatic carbocycles. The average molecular weight is 325 g/mol. The number of benzene rings is 1. The van der Waals surface area contributed by atoms with Crippen LogP contribution in [0.25, 0.3) is 5.65 Å². The number of fused-ring (bicyclic) bond motifs is 1. The molecule has 1 aromatic carbocycles. The minimum Gasteiger partial charge on any atom is -0.316 e. The van der Waals surface area contributed by atoms with Crippen LogP contribution in [0, 0.1) is 30.9 Å². The molecule has 3 aromatic rings. The number of nitrogens with one attached hydrogen (secondary N) is 1. The molecule has 0 spiro atoms. The second-order valence-electron chi connectivity index (χ2n) is 5.56. The molecule has 3 rings (SSSR count). The fourth-order valence-electron chi connectivity index (χ4n) is 2.52. The Morgan fingerprint density at radius 1 is 1.25 bits per heavy atom. The molecule has 0 unspecified atom stereocenters. The second kappa shape index (κ2) is 5.73. The fourth-order valence-corrected chi connectivity index (χ4v) is 2.52. The first-order valence-corrected chi connectivity index (χ1v) is 7.25. The van der Waals surface area contributed by atoms with Crippen LogP contribution in [0.1, 0.15) is 27.3 Å². The van der Waals surface area contributed by atoms with Gasteiger partial charge < -0.3 is 5.32 Å². The number of anilines is 1. The largest absolute Gasteiger partial charge is 0.316 e. The zero-order valence-electron chi connectivity index (χ0n) is 13.4. The van der Waals surface area contributed by atoms with E-state index >= 15 is 0 Å². The quantitative estimate of drug-likeness (QED) is 0.589. The number of aryl methyl sites for hydroxylation is 3. The van der Waals surface area contributed by atoms with Crippen molar-refractivity contribution in [2.24, 2.45) is 0 Å². The molecule has 8 heteroatoms. The van der Waals surface area contributed by atoms with E-state index in [1.807, 2.05) is 19.9 Å².